The van der Waals surface area contributed by atoms with Crippen LogP contribution in [0.4, 0.5) is 15.8 Å². The number of hydrogen-bond acceptors (Lipinski definition) is 6. The van der Waals surface area contributed by atoms with Gasteiger partial charge in [-0.3, -0.25) is 4.79 Å². The highest BCUT2D eigenvalue weighted by molar-refractivity contribution is 7.89. The van der Waals surface area contributed by atoms with E-state index in [2.05, 4.69) is 4.98 Å². The van der Waals surface area contributed by atoms with E-state index < -0.39 is 15.8 Å². The SMILES string of the molecule is CCOC(=O)c1[nH]c2c(=O)n(C)cc3c2c1CN(c1ccc(F)cc1)c1ccc(CS(C)(=O)=O)cc1-3. The number of esters is 1. The zero-order valence-corrected chi connectivity index (χ0v) is 20.8. The summed E-state index contributed by atoms with van der Waals surface area (Å²) in [6.07, 6.45) is 2.86. The first-order valence-corrected chi connectivity index (χ1v) is 13.4. The highest BCUT2D eigenvalue weighted by Gasteiger charge is 2.30. The van der Waals surface area contributed by atoms with Gasteiger partial charge in [0, 0.05) is 53.0 Å². The lowest BCUT2D eigenvalue weighted by atomic mass is 9.99. The van der Waals surface area contributed by atoms with Crippen LogP contribution < -0.4 is 10.5 Å². The summed E-state index contributed by atoms with van der Waals surface area (Å²) in [7, 11) is -1.69. The molecule has 5 rings (SSSR count). The first-order chi connectivity index (χ1) is 17.1. The molecule has 0 saturated heterocycles. The van der Waals surface area contributed by atoms with Crippen LogP contribution in [0.2, 0.25) is 0 Å². The molecule has 4 aromatic rings. The van der Waals surface area contributed by atoms with Crippen molar-refractivity contribution in [2.75, 3.05) is 17.8 Å². The molecule has 0 saturated carbocycles. The van der Waals surface area contributed by atoms with Crippen molar-refractivity contribution in [3.8, 4) is 11.1 Å². The molecular weight excluding hydrogens is 485 g/mol. The monoisotopic (exact) mass is 509 g/mol. The molecule has 1 aliphatic rings. The van der Waals surface area contributed by atoms with Crippen molar-refractivity contribution in [1.82, 2.24) is 9.55 Å². The van der Waals surface area contributed by atoms with Crippen molar-refractivity contribution in [3.63, 3.8) is 0 Å². The van der Waals surface area contributed by atoms with Crippen molar-refractivity contribution in [2.45, 2.75) is 19.2 Å². The predicted molar refractivity (Wildman–Crippen MR) is 136 cm³/mol. The summed E-state index contributed by atoms with van der Waals surface area (Å²) in [6.45, 7) is 2.06. The number of hydrogen-bond donors (Lipinski definition) is 1. The third-order valence-electron chi connectivity index (χ3n) is 6.23. The molecule has 10 heteroatoms. The van der Waals surface area contributed by atoms with E-state index in [4.69, 9.17) is 4.74 Å². The number of aromatic nitrogens is 2. The number of carbonyl (C=O) groups is 1. The summed E-state index contributed by atoms with van der Waals surface area (Å²) < 4.78 is 44.5. The van der Waals surface area contributed by atoms with Crippen LogP contribution in [0.5, 0.6) is 0 Å². The Kier molecular flexibility index (Phi) is 5.71. The second kappa shape index (κ2) is 8.63. The summed E-state index contributed by atoms with van der Waals surface area (Å²) in [5.74, 6) is -1.13. The second-order valence-electron chi connectivity index (χ2n) is 8.89. The van der Waals surface area contributed by atoms with E-state index in [1.54, 1.807) is 44.4 Å². The summed E-state index contributed by atoms with van der Waals surface area (Å²) in [5.41, 5.74) is 4.03. The van der Waals surface area contributed by atoms with Crippen LogP contribution in [0.3, 0.4) is 0 Å². The van der Waals surface area contributed by atoms with E-state index in [9.17, 15) is 22.4 Å². The van der Waals surface area contributed by atoms with Crippen LogP contribution in [0, 0.1) is 5.82 Å². The second-order valence-corrected chi connectivity index (χ2v) is 11.0. The van der Waals surface area contributed by atoms with E-state index >= 15 is 0 Å². The van der Waals surface area contributed by atoms with Gasteiger partial charge in [-0.25, -0.2) is 17.6 Å². The number of anilines is 2. The number of H-pyrrole nitrogens is 1. The molecule has 0 radical (unpaired) electrons. The Balaban J connectivity index is 1.87. The maximum Gasteiger partial charge on any atom is 0.355 e. The van der Waals surface area contributed by atoms with Gasteiger partial charge in [-0.15, -0.1) is 0 Å². The molecule has 0 atom stereocenters. The number of carbonyl (C=O) groups excluding carboxylic acids is 1. The van der Waals surface area contributed by atoms with Gasteiger partial charge in [0.25, 0.3) is 5.56 Å². The Labute approximate surface area is 206 Å². The number of pyridine rings is 1. The average molecular weight is 510 g/mol. The first-order valence-electron chi connectivity index (χ1n) is 11.3. The zero-order valence-electron chi connectivity index (χ0n) is 20.0. The van der Waals surface area contributed by atoms with Crippen LogP contribution in [0.15, 0.2) is 53.5 Å². The van der Waals surface area contributed by atoms with E-state index in [0.29, 0.717) is 33.3 Å². The van der Waals surface area contributed by atoms with E-state index in [1.807, 2.05) is 11.0 Å². The molecule has 8 nitrogen and oxygen atoms in total. The maximum atomic E-state index is 13.8. The van der Waals surface area contributed by atoms with Crippen molar-refractivity contribution >= 4 is 38.1 Å². The number of sulfone groups is 1. The lowest BCUT2D eigenvalue weighted by Gasteiger charge is -2.26. The Morgan fingerprint density at radius 1 is 1.14 bits per heavy atom. The van der Waals surface area contributed by atoms with Crippen LogP contribution in [-0.4, -0.2) is 36.8 Å². The molecule has 0 amide bonds. The molecule has 3 heterocycles. The van der Waals surface area contributed by atoms with Gasteiger partial charge in [-0.1, -0.05) is 6.07 Å². The Bertz CT molecular complexity index is 1690. The molecule has 36 heavy (non-hydrogen) atoms. The highest BCUT2D eigenvalue weighted by atomic mass is 32.2. The van der Waals surface area contributed by atoms with Gasteiger partial charge in [-0.05, 0) is 48.9 Å². The molecule has 186 valence electrons. The van der Waals surface area contributed by atoms with Gasteiger partial charge in [0.05, 0.1) is 18.9 Å². The number of nitrogens with one attached hydrogen (secondary N) is 1. The number of ether oxygens (including phenoxy) is 1. The largest absolute Gasteiger partial charge is 0.461 e. The van der Waals surface area contributed by atoms with Crippen molar-refractivity contribution in [3.05, 3.63) is 81.7 Å². The van der Waals surface area contributed by atoms with Crippen molar-refractivity contribution in [2.24, 2.45) is 7.05 Å². The molecule has 0 unspecified atom stereocenters. The van der Waals surface area contributed by atoms with E-state index in [-0.39, 0.29) is 41.5 Å². The molecule has 2 aromatic heterocycles. The number of benzene rings is 2. The molecule has 0 aliphatic carbocycles. The summed E-state index contributed by atoms with van der Waals surface area (Å²) in [5, 5.41) is 0.573. The third-order valence-corrected chi connectivity index (χ3v) is 7.09. The molecule has 1 N–H and O–H groups in total. The Morgan fingerprint density at radius 2 is 1.86 bits per heavy atom. The smallest absolute Gasteiger partial charge is 0.355 e. The molecule has 0 fully saturated rings. The maximum absolute atomic E-state index is 13.8. The van der Waals surface area contributed by atoms with Gasteiger partial charge in [-0.2, -0.15) is 0 Å². The van der Waals surface area contributed by atoms with E-state index in [0.717, 1.165) is 5.69 Å². The molecule has 0 spiro atoms. The lowest BCUT2D eigenvalue weighted by molar-refractivity contribution is 0.0519. The summed E-state index contributed by atoms with van der Waals surface area (Å²) in [6, 6.07) is 11.3. The van der Waals surface area contributed by atoms with Crippen LogP contribution in [0.1, 0.15) is 28.5 Å². The van der Waals surface area contributed by atoms with Crippen molar-refractivity contribution < 1.29 is 22.3 Å². The van der Waals surface area contributed by atoms with Gasteiger partial charge in [0.15, 0.2) is 9.84 Å². The standard InChI is InChI=1S/C26H24FN3O5S/c1-4-35-26(32)23-20-13-30(17-8-6-16(27)7-9-17)21-10-5-15(14-36(3,33)34)11-18(21)19-12-29(2)25(31)24(28-23)22(19)20/h5-12,28H,4,13-14H2,1-3H3. The Morgan fingerprint density at radius 3 is 2.53 bits per heavy atom. The minimum Gasteiger partial charge on any atom is -0.461 e. The normalized spacial score (nSPS) is 12.9. The molecule has 1 aliphatic heterocycles. The lowest BCUT2D eigenvalue weighted by Crippen LogP contribution is -2.19. The number of rotatable bonds is 5. The number of fused-ring (bicyclic) bond motifs is 2. The Hall–Kier alpha value is -3.92. The predicted octanol–water partition coefficient (Wildman–Crippen LogP) is 4.05. The highest BCUT2D eigenvalue weighted by Crippen LogP contribution is 2.44. The van der Waals surface area contributed by atoms with Crippen LogP contribution >= 0.6 is 0 Å². The molecular formula is C26H24FN3O5S. The first kappa shape index (κ1) is 23.8. The van der Waals surface area contributed by atoms with Gasteiger partial charge in [0.1, 0.15) is 17.0 Å². The molecule has 0 bridgehead atoms. The van der Waals surface area contributed by atoms with Gasteiger partial charge < -0.3 is 19.2 Å². The fraction of sp³-hybridized carbons (Fsp3) is 0.231. The summed E-state index contributed by atoms with van der Waals surface area (Å²) >= 11 is 0. The van der Waals surface area contributed by atoms with Gasteiger partial charge in [0.2, 0.25) is 0 Å². The van der Waals surface area contributed by atoms with Crippen molar-refractivity contribution in [1.29, 1.82) is 0 Å². The minimum absolute atomic E-state index is 0.153. The fourth-order valence-corrected chi connectivity index (χ4v) is 5.54. The number of aromatic amines is 1. The van der Waals surface area contributed by atoms with Crippen LogP contribution in [-0.2, 0) is 33.9 Å². The number of halogens is 1. The molecule has 2 aromatic carbocycles. The third kappa shape index (κ3) is 4.07. The minimum atomic E-state index is -3.30. The number of aryl methyl sites for hydroxylation is 1. The van der Waals surface area contributed by atoms with Crippen LogP contribution in [0.25, 0.3) is 22.0 Å². The van der Waals surface area contributed by atoms with Gasteiger partial charge >= 0.3 is 5.97 Å². The topological polar surface area (TPSA) is 101 Å². The quantitative estimate of drug-likeness (QED) is 0.408. The summed E-state index contributed by atoms with van der Waals surface area (Å²) in [4.78, 5) is 30.9. The average Bonchev–Trinajstić information content (AvgIpc) is 3.13. The zero-order chi connectivity index (χ0) is 25.8. The van der Waals surface area contributed by atoms with E-state index in [1.165, 1.54) is 23.0 Å². The fourth-order valence-electron chi connectivity index (χ4n) is 4.75. The number of nitrogens with zero attached hydrogens (tertiary/aromatic N) is 2.